The lowest BCUT2D eigenvalue weighted by Gasteiger charge is -2.07. The number of aromatic nitrogens is 1. The number of fused-ring (bicyclic) bond motifs is 1. The van der Waals surface area contributed by atoms with Crippen LogP contribution in [0.1, 0.15) is 18.9 Å². The molecule has 0 spiro atoms. The van der Waals surface area contributed by atoms with Crippen LogP contribution in [0.3, 0.4) is 0 Å². The Morgan fingerprint density at radius 1 is 1.53 bits per heavy atom. The molecule has 15 heavy (non-hydrogen) atoms. The molecule has 0 saturated carbocycles. The van der Waals surface area contributed by atoms with E-state index in [9.17, 15) is 5.11 Å². The van der Waals surface area contributed by atoms with Gasteiger partial charge in [-0.05, 0) is 35.0 Å². The van der Waals surface area contributed by atoms with Crippen molar-refractivity contribution in [3.8, 4) is 0 Å². The Balaban J connectivity index is 2.43. The number of halogens is 1. The monoisotopic (exact) mass is 269 g/mol. The zero-order chi connectivity index (χ0) is 10.8. The molecule has 3 nitrogen and oxygen atoms in total. The van der Waals surface area contributed by atoms with Crippen molar-refractivity contribution in [2.75, 3.05) is 6.61 Å². The minimum absolute atomic E-state index is 0.484. The number of benzene rings is 1. The molecule has 0 radical (unpaired) electrons. The quantitative estimate of drug-likeness (QED) is 0.842. The van der Waals surface area contributed by atoms with Crippen LogP contribution in [0.5, 0.6) is 0 Å². The van der Waals surface area contributed by atoms with E-state index >= 15 is 0 Å². The zero-order valence-corrected chi connectivity index (χ0v) is 9.91. The van der Waals surface area contributed by atoms with Gasteiger partial charge in [0, 0.05) is 16.5 Å². The number of rotatable bonds is 3. The number of aromatic amines is 1. The predicted octanol–water partition coefficient (Wildman–Crippen LogP) is 2.96. The van der Waals surface area contributed by atoms with E-state index in [1.807, 2.05) is 31.2 Å². The lowest BCUT2D eigenvalue weighted by molar-refractivity contribution is -0.100. The molecule has 0 fully saturated rings. The summed E-state index contributed by atoms with van der Waals surface area (Å²) in [6.45, 7) is 2.33. The average Bonchev–Trinajstić information content (AvgIpc) is 2.63. The van der Waals surface area contributed by atoms with Crippen molar-refractivity contribution in [1.82, 2.24) is 4.98 Å². The molecule has 2 N–H and O–H groups in total. The molecule has 80 valence electrons. The van der Waals surface area contributed by atoms with Crippen LogP contribution < -0.4 is 0 Å². The summed E-state index contributed by atoms with van der Waals surface area (Å²) in [5.74, 6) is 0. The van der Waals surface area contributed by atoms with Crippen LogP contribution >= 0.6 is 15.9 Å². The standard InChI is InChI=1S/C11H12BrNO2/c1-2-15-11(14)9-6-7-4-3-5-8(12)10(7)13-9/h3-6,11,13-14H,2H2,1H3. The van der Waals surface area contributed by atoms with Gasteiger partial charge in [-0.3, -0.25) is 0 Å². The van der Waals surface area contributed by atoms with Crippen molar-refractivity contribution in [3.63, 3.8) is 0 Å². The molecule has 1 heterocycles. The first-order valence-corrected chi connectivity index (χ1v) is 5.58. The summed E-state index contributed by atoms with van der Waals surface area (Å²) < 4.78 is 6.09. The van der Waals surface area contributed by atoms with Crippen LogP contribution in [0.25, 0.3) is 10.9 Å². The van der Waals surface area contributed by atoms with E-state index in [-0.39, 0.29) is 0 Å². The maximum Gasteiger partial charge on any atom is 0.196 e. The van der Waals surface area contributed by atoms with E-state index in [4.69, 9.17) is 4.74 Å². The fourth-order valence-electron chi connectivity index (χ4n) is 1.52. The summed E-state index contributed by atoms with van der Waals surface area (Å²) in [5, 5.41) is 10.7. The summed E-state index contributed by atoms with van der Waals surface area (Å²) >= 11 is 3.44. The molecule has 1 aromatic carbocycles. The van der Waals surface area contributed by atoms with Gasteiger partial charge in [-0.1, -0.05) is 12.1 Å². The third-order valence-electron chi connectivity index (χ3n) is 2.22. The molecule has 4 heteroatoms. The largest absolute Gasteiger partial charge is 0.363 e. The first-order valence-electron chi connectivity index (χ1n) is 4.79. The van der Waals surface area contributed by atoms with Gasteiger partial charge in [-0.15, -0.1) is 0 Å². The van der Waals surface area contributed by atoms with Crippen LogP contribution in [0.15, 0.2) is 28.7 Å². The van der Waals surface area contributed by atoms with Crippen molar-refractivity contribution in [2.45, 2.75) is 13.2 Å². The fraction of sp³-hybridized carbons (Fsp3) is 0.273. The van der Waals surface area contributed by atoms with Gasteiger partial charge in [0.15, 0.2) is 6.29 Å². The number of H-pyrrole nitrogens is 1. The third-order valence-corrected chi connectivity index (χ3v) is 2.88. The Morgan fingerprint density at radius 3 is 3.00 bits per heavy atom. The Labute approximate surface area is 96.2 Å². The molecule has 2 aromatic rings. The van der Waals surface area contributed by atoms with Crippen LogP contribution in [-0.4, -0.2) is 16.7 Å². The van der Waals surface area contributed by atoms with Crippen LogP contribution in [0.2, 0.25) is 0 Å². The highest BCUT2D eigenvalue weighted by Crippen LogP contribution is 2.26. The van der Waals surface area contributed by atoms with E-state index in [2.05, 4.69) is 20.9 Å². The number of hydrogen-bond acceptors (Lipinski definition) is 2. The molecule has 0 aliphatic rings. The van der Waals surface area contributed by atoms with Gasteiger partial charge in [0.05, 0.1) is 11.2 Å². The second kappa shape index (κ2) is 4.35. The first kappa shape index (κ1) is 10.7. The van der Waals surface area contributed by atoms with E-state index in [0.717, 1.165) is 15.4 Å². The minimum Gasteiger partial charge on any atom is -0.363 e. The van der Waals surface area contributed by atoms with E-state index in [0.29, 0.717) is 12.3 Å². The van der Waals surface area contributed by atoms with Gasteiger partial charge in [0.1, 0.15) is 0 Å². The topological polar surface area (TPSA) is 45.2 Å². The van der Waals surface area contributed by atoms with Crippen molar-refractivity contribution < 1.29 is 9.84 Å². The summed E-state index contributed by atoms with van der Waals surface area (Å²) in [7, 11) is 0. The van der Waals surface area contributed by atoms with Crippen molar-refractivity contribution >= 4 is 26.8 Å². The highest BCUT2D eigenvalue weighted by molar-refractivity contribution is 9.10. The van der Waals surface area contributed by atoms with E-state index < -0.39 is 6.29 Å². The molecular formula is C11H12BrNO2. The maximum atomic E-state index is 9.64. The third kappa shape index (κ3) is 2.07. The second-order valence-corrected chi connectivity index (χ2v) is 4.09. The highest BCUT2D eigenvalue weighted by atomic mass is 79.9. The van der Waals surface area contributed by atoms with Crippen molar-refractivity contribution in [1.29, 1.82) is 0 Å². The Kier molecular flexibility index (Phi) is 3.09. The number of nitrogens with one attached hydrogen (secondary N) is 1. The number of aliphatic hydroxyl groups excluding tert-OH is 1. The summed E-state index contributed by atoms with van der Waals surface area (Å²) in [6, 6.07) is 7.78. The Hall–Kier alpha value is -0.840. The predicted molar refractivity (Wildman–Crippen MR) is 62.6 cm³/mol. The van der Waals surface area contributed by atoms with Gasteiger partial charge in [0.2, 0.25) is 0 Å². The Morgan fingerprint density at radius 2 is 2.33 bits per heavy atom. The zero-order valence-electron chi connectivity index (χ0n) is 8.33. The van der Waals surface area contributed by atoms with Gasteiger partial charge >= 0.3 is 0 Å². The summed E-state index contributed by atoms with van der Waals surface area (Å²) in [5.41, 5.74) is 1.66. The van der Waals surface area contributed by atoms with Crippen LogP contribution in [-0.2, 0) is 4.74 Å². The van der Waals surface area contributed by atoms with Crippen LogP contribution in [0.4, 0.5) is 0 Å². The number of aliphatic hydroxyl groups is 1. The van der Waals surface area contributed by atoms with Crippen molar-refractivity contribution in [3.05, 3.63) is 34.4 Å². The molecule has 0 saturated heterocycles. The van der Waals surface area contributed by atoms with Gasteiger partial charge in [0.25, 0.3) is 0 Å². The minimum atomic E-state index is -0.880. The first-order chi connectivity index (χ1) is 7.22. The summed E-state index contributed by atoms with van der Waals surface area (Å²) in [4.78, 5) is 3.13. The van der Waals surface area contributed by atoms with E-state index in [1.54, 1.807) is 0 Å². The van der Waals surface area contributed by atoms with Gasteiger partial charge in [-0.25, -0.2) is 0 Å². The lowest BCUT2D eigenvalue weighted by atomic mass is 10.2. The van der Waals surface area contributed by atoms with Gasteiger partial charge in [-0.2, -0.15) is 0 Å². The maximum absolute atomic E-state index is 9.64. The molecule has 2 rings (SSSR count). The molecule has 0 aliphatic carbocycles. The number of hydrogen-bond donors (Lipinski definition) is 2. The number of ether oxygens (including phenoxy) is 1. The summed E-state index contributed by atoms with van der Waals surface area (Å²) in [6.07, 6.45) is -0.880. The SMILES string of the molecule is CCOC(O)c1cc2cccc(Br)c2[nH]1. The fourth-order valence-corrected chi connectivity index (χ4v) is 2.00. The second-order valence-electron chi connectivity index (χ2n) is 3.24. The lowest BCUT2D eigenvalue weighted by Crippen LogP contribution is -2.02. The van der Waals surface area contributed by atoms with Gasteiger partial charge < -0.3 is 14.8 Å². The molecule has 1 aromatic heterocycles. The normalized spacial score (nSPS) is 13.3. The van der Waals surface area contributed by atoms with E-state index in [1.165, 1.54) is 0 Å². The smallest absolute Gasteiger partial charge is 0.196 e. The average molecular weight is 270 g/mol. The Bertz CT molecular complexity index is 467. The molecule has 0 aliphatic heterocycles. The molecular weight excluding hydrogens is 258 g/mol. The molecule has 0 bridgehead atoms. The van der Waals surface area contributed by atoms with Crippen molar-refractivity contribution in [2.24, 2.45) is 0 Å². The number of para-hydroxylation sites is 1. The molecule has 0 amide bonds. The molecule has 1 atom stereocenters. The van der Waals surface area contributed by atoms with Crippen LogP contribution in [0, 0.1) is 0 Å². The molecule has 1 unspecified atom stereocenters. The highest BCUT2D eigenvalue weighted by Gasteiger charge is 2.11.